The summed E-state index contributed by atoms with van der Waals surface area (Å²) in [4.78, 5) is 19.9. The molecule has 0 saturated heterocycles. The van der Waals surface area contributed by atoms with Crippen LogP contribution in [-0.4, -0.2) is 43.4 Å². The lowest BCUT2D eigenvalue weighted by molar-refractivity contribution is 0.0995. The van der Waals surface area contributed by atoms with Crippen LogP contribution in [0.5, 0.6) is 5.75 Å². The van der Waals surface area contributed by atoms with E-state index in [9.17, 15) is 9.90 Å². The third-order valence-electron chi connectivity index (χ3n) is 3.66. The number of pyridine rings is 1. The molecule has 0 aromatic carbocycles. The standard InChI is InChI=1S/C15H14N4O3.C4H5NO/c1-9(20)2-3-10-4-5-12-15(17-10)19-8-11(14(16)21)18-13(19)6-7-22-12;1-4-2-3-5-6-4/h4-5,8-9,20H,6-7H2,1H3,(H2,16,21);2-3H,1H3. The first kappa shape index (κ1) is 19.1. The van der Waals surface area contributed by atoms with Crippen LogP contribution in [0.25, 0.3) is 5.82 Å². The van der Waals surface area contributed by atoms with Gasteiger partial charge in [0.05, 0.1) is 12.8 Å². The number of aryl methyl sites for hydroxylation is 1. The molecule has 0 spiro atoms. The van der Waals surface area contributed by atoms with Gasteiger partial charge in [-0.1, -0.05) is 11.1 Å². The number of hydrogen-bond acceptors (Lipinski definition) is 7. The number of aliphatic hydroxyl groups excluding tert-OH is 1. The normalized spacial score (nSPS) is 12.7. The summed E-state index contributed by atoms with van der Waals surface area (Å²) in [5.74, 6) is 7.42. The Hall–Kier alpha value is -3.64. The zero-order valence-electron chi connectivity index (χ0n) is 15.4. The van der Waals surface area contributed by atoms with E-state index in [-0.39, 0.29) is 5.69 Å². The molecule has 3 N–H and O–H groups in total. The van der Waals surface area contributed by atoms with Gasteiger partial charge in [0.2, 0.25) is 0 Å². The van der Waals surface area contributed by atoms with E-state index in [4.69, 9.17) is 10.5 Å². The molecule has 3 aromatic rings. The van der Waals surface area contributed by atoms with Gasteiger partial charge in [-0.25, -0.2) is 9.97 Å². The number of aliphatic hydroxyl groups is 1. The fourth-order valence-electron chi connectivity index (χ4n) is 2.40. The van der Waals surface area contributed by atoms with E-state index in [1.165, 1.54) is 0 Å². The Morgan fingerprint density at radius 3 is 2.79 bits per heavy atom. The number of carbonyl (C=O) groups excluding carboxylic acids is 1. The summed E-state index contributed by atoms with van der Waals surface area (Å²) in [5, 5.41) is 12.7. The Kier molecular flexibility index (Phi) is 5.72. The van der Waals surface area contributed by atoms with Gasteiger partial charge in [0.25, 0.3) is 5.91 Å². The number of rotatable bonds is 1. The number of primary amides is 1. The summed E-state index contributed by atoms with van der Waals surface area (Å²) < 4.78 is 11.9. The van der Waals surface area contributed by atoms with Crippen molar-refractivity contribution in [3.8, 4) is 23.4 Å². The molecule has 0 fully saturated rings. The molecule has 4 rings (SSSR count). The first-order chi connectivity index (χ1) is 13.4. The highest BCUT2D eigenvalue weighted by Crippen LogP contribution is 2.26. The maximum Gasteiger partial charge on any atom is 0.268 e. The zero-order chi connectivity index (χ0) is 20.1. The topological polar surface area (TPSA) is 129 Å². The summed E-state index contributed by atoms with van der Waals surface area (Å²) in [7, 11) is 0. The Morgan fingerprint density at radius 2 is 2.18 bits per heavy atom. The number of carbonyl (C=O) groups is 1. The van der Waals surface area contributed by atoms with Crippen molar-refractivity contribution in [2.24, 2.45) is 5.73 Å². The molecule has 1 aliphatic heterocycles. The lowest BCUT2D eigenvalue weighted by Crippen LogP contribution is -2.11. The second-order valence-corrected chi connectivity index (χ2v) is 5.96. The molecule has 9 heteroatoms. The van der Waals surface area contributed by atoms with E-state index < -0.39 is 12.0 Å². The summed E-state index contributed by atoms with van der Waals surface area (Å²) in [5.41, 5.74) is 5.96. The van der Waals surface area contributed by atoms with Crippen molar-refractivity contribution in [2.75, 3.05) is 6.61 Å². The first-order valence-corrected chi connectivity index (χ1v) is 8.53. The maximum absolute atomic E-state index is 11.3. The molecule has 4 heterocycles. The fraction of sp³-hybridized carbons (Fsp3) is 0.263. The highest BCUT2D eigenvalue weighted by Gasteiger charge is 2.20. The second-order valence-electron chi connectivity index (χ2n) is 5.96. The Balaban J connectivity index is 0.000000320. The van der Waals surface area contributed by atoms with Crippen LogP contribution >= 0.6 is 0 Å². The minimum absolute atomic E-state index is 0.185. The Bertz CT molecular complexity index is 1030. The van der Waals surface area contributed by atoms with Crippen molar-refractivity contribution in [3.05, 3.63) is 53.6 Å². The van der Waals surface area contributed by atoms with Crippen LogP contribution in [0, 0.1) is 18.8 Å². The van der Waals surface area contributed by atoms with Crippen molar-refractivity contribution >= 4 is 5.91 Å². The molecule has 0 radical (unpaired) electrons. The van der Waals surface area contributed by atoms with Gasteiger partial charge in [-0.3, -0.25) is 9.36 Å². The molecular weight excluding hydrogens is 362 g/mol. The van der Waals surface area contributed by atoms with Gasteiger partial charge in [-0.05, 0) is 31.9 Å². The number of fused-ring (bicyclic) bond motifs is 3. The summed E-state index contributed by atoms with van der Waals surface area (Å²) in [6, 6.07) is 5.28. The van der Waals surface area contributed by atoms with Crippen molar-refractivity contribution in [3.63, 3.8) is 0 Å². The van der Waals surface area contributed by atoms with Gasteiger partial charge in [0, 0.05) is 18.7 Å². The van der Waals surface area contributed by atoms with Crippen molar-refractivity contribution in [1.29, 1.82) is 0 Å². The number of ether oxygens (including phenoxy) is 1. The molecule has 28 heavy (non-hydrogen) atoms. The largest absolute Gasteiger partial charge is 0.489 e. The van der Waals surface area contributed by atoms with E-state index in [1.54, 1.807) is 42.1 Å². The molecule has 3 aromatic heterocycles. The predicted molar refractivity (Wildman–Crippen MR) is 98.9 cm³/mol. The number of amides is 1. The molecule has 0 aliphatic carbocycles. The molecular formula is C19H19N5O4. The van der Waals surface area contributed by atoms with E-state index in [0.717, 1.165) is 5.76 Å². The third kappa shape index (κ3) is 4.55. The van der Waals surface area contributed by atoms with E-state index in [1.807, 2.05) is 6.92 Å². The van der Waals surface area contributed by atoms with Gasteiger partial charge >= 0.3 is 0 Å². The smallest absolute Gasteiger partial charge is 0.268 e. The number of hydrogen-bond donors (Lipinski definition) is 2. The number of aromatic nitrogens is 4. The average molecular weight is 381 g/mol. The van der Waals surface area contributed by atoms with Gasteiger partial charge in [-0.2, -0.15) is 0 Å². The van der Waals surface area contributed by atoms with Crippen LogP contribution < -0.4 is 10.5 Å². The zero-order valence-corrected chi connectivity index (χ0v) is 15.4. The molecule has 1 unspecified atom stereocenters. The number of nitrogens with two attached hydrogens (primary N) is 1. The van der Waals surface area contributed by atoms with Gasteiger partial charge < -0.3 is 20.1 Å². The fourth-order valence-corrected chi connectivity index (χ4v) is 2.40. The van der Waals surface area contributed by atoms with Crippen molar-refractivity contribution in [1.82, 2.24) is 19.7 Å². The van der Waals surface area contributed by atoms with E-state index in [2.05, 4.69) is 31.5 Å². The van der Waals surface area contributed by atoms with Gasteiger partial charge in [-0.15, -0.1) is 0 Å². The monoisotopic (exact) mass is 381 g/mol. The third-order valence-corrected chi connectivity index (χ3v) is 3.66. The van der Waals surface area contributed by atoms with E-state index >= 15 is 0 Å². The number of imidazole rings is 1. The van der Waals surface area contributed by atoms with Crippen LogP contribution in [0.2, 0.25) is 0 Å². The molecule has 0 saturated carbocycles. The van der Waals surface area contributed by atoms with Crippen LogP contribution in [-0.2, 0) is 6.42 Å². The van der Waals surface area contributed by atoms with Crippen molar-refractivity contribution < 1.29 is 19.2 Å². The molecule has 1 aliphatic rings. The minimum Gasteiger partial charge on any atom is -0.489 e. The summed E-state index contributed by atoms with van der Waals surface area (Å²) >= 11 is 0. The quantitative estimate of drug-likeness (QED) is 0.602. The molecule has 144 valence electrons. The molecule has 1 atom stereocenters. The Labute approximate surface area is 161 Å². The van der Waals surface area contributed by atoms with Gasteiger partial charge in [0.15, 0.2) is 11.6 Å². The summed E-state index contributed by atoms with van der Waals surface area (Å²) in [6.07, 6.45) is 2.97. The highest BCUT2D eigenvalue weighted by atomic mass is 16.5. The van der Waals surface area contributed by atoms with Crippen LogP contribution in [0.1, 0.15) is 34.7 Å². The maximum atomic E-state index is 11.3. The number of nitrogens with zero attached hydrogens (tertiary/aromatic N) is 4. The minimum atomic E-state index is -0.734. The highest BCUT2D eigenvalue weighted by molar-refractivity contribution is 5.90. The van der Waals surface area contributed by atoms with Crippen molar-refractivity contribution in [2.45, 2.75) is 26.4 Å². The molecule has 0 bridgehead atoms. The predicted octanol–water partition coefficient (Wildman–Crippen LogP) is 1.02. The SMILES string of the molecule is CC(O)C#Cc1ccc2c(n1)-n1cc(C(N)=O)nc1CCO2.Cc1ccno1. The van der Waals surface area contributed by atoms with E-state index in [0.29, 0.717) is 36.1 Å². The summed E-state index contributed by atoms with van der Waals surface area (Å²) in [6.45, 7) is 3.86. The lowest BCUT2D eigenvalue weighted by Gasteiger charge is -2.07. The first-order valence-electron chi connectivity index (χ1n) is 8.53. The van der Waals surface area contributed by atoms with Crippen LogP contribution in [0.3, 0.4) is 0 Å². The lowest BCUT2D eigenvalue weighted by atomic mass is 10.3. The molecule has 9 nitrogen and oxygen atoms in total. The second kappa shape index (κ2) is 8.37. The average Bonchev–Trinajstić information content (AvgIpc) is 3.27. The van der Waals surface area contributed by atoms with Crippen LogP contribution in [0.4, 0.5) is 0 Å². The van der Waals surface area contributed by atoms with Crippen LogP contribution in [0.15, 0.2) is 35.1 Å². The molecule has 1 amide bonds. The Morgan fingerprint density at radius 1 is 1.36 bits per heavy atom. The van der Waals surface area contributed by atoms with Gasteiger partial charge in [0.1, 0.15) is 29.1 Å².